The second-order valence-corrected chi connectivity index (χ2v) is 10.5. The summed E-state index contributed by atoms with van der Waals surface area (Å²) < 4.78 is 11.2. The van der Waals surface area contributed by atoms with Gasteiger partial charge in [0.1, 0.15) is 12.1 Å². The maximum absolute atomic E-state index is 12.1. The van der Waals surface area contributed by atoms with Gasteiger partial charge in [-0.1, -0.05) is 12.1 Å². The molecule has 0 aliphatic rings. The van der Waals surface area contributed by atoms with Crippen molar-refractivity contribution in [3.63, 3.8) is 0 Å². The Morgan fingerprint density at radius 3 is 1.83 bits per heavy atom. The van der Waals surface area contributed by atoms with E-state index in [0.29, 0.717) is 58.8 Å². The number of nitrogens with one attached hydrogen (secondary N) is 3. The van der Waals surface area contributed by atoms with Gasteiger partial charge in [0, 0.05) is 51.4 Å². The third-order valence-electron chi connectivity index (χ3n) is 6.72. The van der Waals surface area contributed by atoms with Crippen LogP contribution >= 0.6 is 0 Å². The van der Waals surface area contributed by atoms with Gasteiger partial charge in [0.15, 0.2) is 0 Å². The first-order chi connectivity index (χ1) is 22.6. The maximum atomic E-state index is 12.1. The average Bonchev–Trinajstić information content (AvgIpc) is 3.04. The Hall–Kier alpha value is -4.67. The van der Waals surface area contributed by atoms with Gasteiger partial charge in [-0.05, 0) is 49.9 Å². The number of hydrogen-bond acceptors (Lipinski definition) is 10. The fourth-order valence-corrected chi connectivity index (χ4v) is 4.27. The molecular weight excluding hydrogens is 616 g/mol. The largest absolute Gasteiger partial charge is 0.481 e. The third kappa shape index (κ3) is 18.2. The van der Waals surface area contributed by atoms with Gasteiger partial charge in [-0.3, -0.25) is 24.5 Å². The van der Waals surface area contributed by atoms with Crippen molar-refractivity contribution in [1.29, 1.82) is 0 Å². The van der Waals surface area contributed by atoms with Crippen LogP contribution < -0.4 is 16.0 Å². The van der Waals surface area contributed by atoms with Crippen molar-refractivity contribution in [2.24, 2.45) is 0 Å². The van der Waals surface area contributed by atoms with Crippen molar-refractivity contribution in [2.75, 3.05) is 39.5 Å². The lowest BCUT2D eigenvalue weighted by molar-refractivity contribution is -0.140. The van der Waals surface area contributed by atoms with E-state index in [1.54, 1.807) is 12.4 Å². The molecule has 16 heteroatoms. The van der Waals surface area contributed by atoms with Crippen LogP contribution in [-0.4, -0.2) is 112 Å². The van der Waals surface area contributed by atoms with Crippen molar-refractivity contribution in [2.45, 2.75) is 63.7 Å². The Morgan fingerprint density at radius 2 is 1.30 bits per heavy atom. The van der Waals surface area contributed by atoms with Crippen LogP contribution in [0.5, 0.6) is 0 Å². The summed E-state index contributed by atoms with van der Waals surface area (Å²) in [6.07, 6.45) is 3.69. The van der Waals surface area contributed by atoms with E-state index in [1.165, 1.54) is 0 Å². The molecule has 3 amide bonds. The number of amides is 3. The first-order valence-corrected chi connectivity index (χ1v) is 15.3. The highest BCUT2D eigenvalue weighted by Gasteiger charge is 2.24. The highest BCUT2D eigenvalue weighted by molar-refractivity contribution is 5.86. The first-order valence-electron chi connectivity index (χ1n) is 15.3. The summed E-state index contributed by atoms with van der Waals surface area (Å²) in [5.74, 6) is -4.20. The van der Waals surface area contributed by atoms with Crippen LogP contribution in [0.3, 0.4) is 0 Å². The number of aromatic nitrogens is 2. The summed E-state index contributed by atoms with van der Waals surface area (Å²) in [6.45, 7) is 3.69. The van der Waals surface area contributed by atoms with Crippen molar-refractivity contribution < 1.29 is 48.8 Å². The van der Waals surface area contributed by atoms with Crippen LogP contribution in [-0.2, 0) is 41.7 Å². The van der Waals surface area contributed by atoms with E-state index in [-0.39, 0.29) is 31.8 Å². The van der Waals surface area contributed by atoms with E-state index in [9.17, 15) is 29.1 Å². The molecule has 0 saturated carbocycles. The van der Waals surface area contributed by atoms with Gasteiger partial charge in [-0.25, -0.2) is 14.4 Å². The van der Waals surface area contributed by atoms with Gasteiger partial charge < -0.3 is 40.7 Å². The minimum atomic E-state index is -1.48. The smallest absolute Gasteiger partial charge is 0.326 e. The summed E-state index contributed by atoms with van der Waals surface area (Å²) in [5.41, 5.74) is 1.91. The highest BCUT2D eigenvalue weighted by atomic mass is 16.5. The summed E-state index contributed by atoms with van der Waals surface area (Å²) in [4.78, 5) is 68.5. The van der Waals surface area contributed by atoms with Crippen molar-refractivity contribution in [1.82, 2.24) is 30.8 Å². The Kier molecular flexibility index (Phi) is 18.7. The fraction of sp³-hybridized carbons (Fsp3) is 0.516. The second kappa shape index (κ2) is 22.8. The minimum absolute atomic E-state index is 0.0403. The lowest BCUT2D eigenvalue weighted by atomic mass is 10.1. The predicted octanol–water partition coefficient (Wildman–Crippen LogP) is 1.26. The Labute approximate surface area is 272 Å². The summed E-state index contributed by atoms with van der Waals surface area (Å²) in [6, 6.07) is 7.81. The molecule has 0 aromatic carbocycles. The fourth-order valence-electron chi connectivity index (χ4n) is 4.27. The average molecular weight is 661 g/mol. The first kappa shape index (κ1) is 38.5. The van der Waals surface area contributed by atoms with Crippen LogP contribution in [0.2, 0.25) is 0 Å². The molecule has 2 aromatic heterocycles. The van der Waals surface area contributed by atoms with E-state index in [0.717, 1.165) is 11.4 Å². The van der Waals surface area contributed by atoms with Gasteiger partial charge in [0.2, 0.25) is 5.91 Å². The number of hydrogen-bond donors (Lipinski definition) is 6. The van der Waals surface area contributed by atoms with E-state index in [4.69, 9.17) is 19.7 Å². The molecule has 2 heterocycles. The molecule has 2 atom stereocenters. The zero-order chi connectivity index (χ0) is 34.3. The Morgan fingerprint density at radius 1 is 0.723 bits per heavy atom. The van der Waals surface area contributed by atoms with E-state index < -0.39 is 42.4 Å². The molecule has 6 N–H and O–H groups in total. The highest BCUT2D eigenvalue weighted by Crippen LogP contribution is 2.07. The number of pyridine rings is 2. The summed E-state index contributed by atoms with van der Waals surface area (Å²) in [7, 11) is 0. The molecule has 47 heavy (non-hydrogen) atoms. The number of carboxylic acid groups (broad SMARTS) is 3. The molecule has 0 aliphatic heterocycles. The Balaban J connectivity index is 1.54. The number of carboxylic acids is 3. The zero-order valence-electron chi connectivity index (χ0n) is 26.2. The van der Waals surface area contributed by atoms with Crippen LogP contribution in [0.25, 0.3) is 0 Å². The maximum Gasteiger partial charge on any atom is 0.326 e. The topological polar surface area (TPSA) is 230 Å². The minimum Gasteiger partial charge on any atom is -0.481 e. The van der Waals surface area contributed by atoms with Gasteiger partial charge >= 0.3 is 23.9 Å². The van der Waals surface area contributed by atoms with Crippen molar-refractivity contribution >= 4 is 29.8 Å². The van der Waals surface area contributed by atoms with Crippen LogP contribution in [0.15, 0.2) is 48.8 Å². The SMILES string of the molecule is O=C(O)CCC(NC(=O)NC(CCCCNC(=O)CCOCCOCCN(Cc1ccccn1)Cc1ccccn1)C(=O)O)C(=O)O. The van der Waals surface area contributed by atoms with Crippen LogP contribution in [0, 0.1) is 0 Å². The summed E-state index contributed by atoms with van der Waals surface area (Å²) in [5, 5.41) is 34.2. The molecule has 2 aromatic rings. The van der Waals surface area contributed by atoms with Crippen molar-refractivity contribution in [3.05, 3.63) is 60.2 Å². The number of aliphatic carboxylic acids is 3. The van der Waals surface area contributed by atoms with Gasteiger partial charge in [0.25, 0.3) is 0 Å². The van der Waals surface area contributed by atoms with Gasteiger partial charge in [0.05, 0.1) is 37.8 Å². The molecule has 0 aliphatic carbocycles. The molecule has 0 fully saturated rings. The monoisotopic (exact) mass is 660 g/mol. The second-order valence-electron chi connectivity index (χ2n) is 10.5. The number of urea groups is 1. The molecular formula is C31H44N6O10. The van der Waals surface area contributed by atoms with E-state index in [2.05, 4.69) is 30.8 Å². The molecule has 0 bridgehead atoms. The van der Waals surface area contributed by atoms with E-state index >= 15 is 0 Å². The lowest BCUT2D eigenvalue weighted by Crippen LogP contribution is -2.51. The number of unbranched alkanes of at least 4 members (excludes halogenated alkanes) is 1. The lowest BCUT2D eigenvalue weighted by Gasteiger charge is -2.21. The molecule has 0 spiro atoms. The third-order valence-corrected chi connectivity index (χ3v) is 6.72. The number of ether oxygens (including phenoxy) is 2. The summed E-state index contributed by atoms with van der Waals surface area (Å²) >= 11 is 0. The number of rotatable bonds is 25. The molecule has 258 valence electrons. The number of carbonyl (C=O) groups excluding carboxylic acids is 2. The quantitative estimate of drug-likeness (QED) is 0.0825. The van der Waals surface area contributed by atoms with Gasteiger partial charge in [-0.2, -0.15) is 0 Å². The molecule has 16 nitrogen and oxygen atoms in total. The Bertz CT molecular complexity index is 1200. The molecule has 2 rings (SSSR count). The molecule has 2 unspecified atom stereocenters. The number of carbonyl (C=O) groups is 5. The molecule has 0 radical (unpaired) electrons. The van der Waals surface area contributed by atoms with Crippen molar-refractivity contribution in [3.8, 4) is 0 Å². The van der Waals surface area contributed by atoms with Crippen LogP contribution in [0.1, 0.15) is 49.9 Å². The van der Waals surface area contributed by atoms with Crippen LogP contribution in [0.4, 0.5) is 4.79 Å². The van der Waals surface area contributed by atoms with Gasteiger partial charge in [-0.15, -0.1) is 0 Å². The normalized spacial score (nSPS) is 12.2. The standard InChI is InChI=1S/C31H44N6O10/c38-27(34-15-6-3-9-25(29(41)42)35-31(45)36-26(30(43)44)10-11-28(39)40)12-17-46-19-20-47-18-16-37(21-23-7-1-4-13-32-23)22-24-8-2-5-14-33-24/h1-2,4-5,7-8,13-14,25-26H,3,6,9-12,15-22H2,(H,34,38)(H,39,40)(H,41,42)(H,43,44)(H2,35,36,45). The predicted molar refractivity (Wildman–Crippen MR) is 167 cm³/mol. The number of nitrogens with zero attached hydrogens (tertiary/aromatic N) is 3. The van der Waals surface area contributed by atoms with E-state index in [1.807, 2.05) is 36.4 Å². The molecule has 0 saturated heterocycles. The zero-order valence-corrected chi connectivity index (χ0v) is 26.2.